The van der Waals surface area contributed by atoms with Gasteiger partial charge in [0.2, 0.25) is 0 Å². The molecule has 4 nitrogen and oxygen atoms in total. The van der Waals surface area contributed by atoms with E-state index in [1.165, 1.54) is 19.3 Å². The molecular weight excluding hydrogens is 238 g/mol. The molecule has 106 valence electrons. The number of ether oxygens (including phenoxy) is 1. The van der Waals surface area contributed by atoms with E-state index in [-0.39, 0.29) is 11.6 Å². The molecule has 1 aliphatic carbocycles. The molecule has 19 heavy (non-hydrogen) atoms. The van der Waals surface area contributed by atoms with E-state index in [2.05, 4.69) is 4.98 Å². The van der Waals surface area contributed by atoms with E-state index in [0.29, 0.717) is 12.4 Å². The van der Waals surface area contributed by atoms with Crippen molar-refractivity contribution in [1.29, 1.82) is 0 Å². The molecule has 0 saturated heterocycles. The summed E-state index contributed by atoms with van der Waals surface area (Å²) in [6.45, 7) is 4.76. The highest BCUT2D eigenvalue weighted by Crippen LogP contribution is 2.42. The van der Waals surface area contributed by atoms with Crippen molar-refractivity contribution in [2.45, 2.75) is 57.6 Å². The maximum absolute atomic E-state index is 6.55. The van der Waals surface area contributed by atoms with Crippen LogP contribution >= 0.6 is 0 Å². The fourth-order valence-electron chi connectivity index (χ4n) is 3.24. The molecule has 0 spiro atoms. The third kappa shape index (κ3) is 2.74. The molecule has 1 aliphatic rings. The predicted octanol–water partition coefficient (Wildman–Crippen LogP) is 2.71. The van der Waals surface area contributed by atoms with Gasteiger partial charge in [-0.3, -0.25) is 0 Å². The van der Waals surface area contributed by atoms with Crippen LogP contribution in [0.1, 0.15) is 56.2 Å². The number of anilines is 1. The summed E-state index contributed by atoms with van der Waals surface area (Å²) in [5.74, 6) is 0.539. The molecule has 1 atom stereocenters. The number of nitrogens with zero attached hydrogens (tertiary/aromatic N) is 1. The molecule has 0 bridgehead atoms. The summed E-state index contributed by atoms with van der Waals surface area (Å²) in [4.78, 5) is 4.19. The number of pyridine rings is 1. The Morgan fingerprint density at radius 3 is 2.63 bits per heavy atom. The highest BCUT2D eigenvalue weighted by molar-refractivity contribution is 5.47. The van der Waals surface area contributed by atoms with Crippen molar-refractivity contribution in [2.75, 3.05) is 12.3 Å². The topological polar surface area (TPSA) is 74.2 Å². The molecular formula is C15H25N3O. The summed E-state index contributed by atoms with van der Waals surface area (Å²) >= 11 is 0. The number of hydrogen-bond acceptors (Lipinski definition) is 4. The summed E-state index contributed by atoms with van der Waals surface area (Å²) in [6.07, 6.45) is 7.36. The van der Waals surface area contributed by atoms with Crippen LogP contribution in [0.4, 0.5) is 5.82 Å². The largest absolute Gasteiger partial charge is 0.383 e. The Labute approximate surface area is 115 Å². The lowest BCUT2D eigenvalue weighted by Gasteiger charge is -2.42. The maximum atomic E-state index is 6.55. The monoisotopic (exact) mass is 263 g/mol. The molecule has 0 radical (unpaired) electrons. The quantitative estimate of drug-likeness (QED) is 0.876. The van der Waals surface area contributed by atoms with Gasteiger partial charge >= 0.3 is 0 Å². The van der Waals surface area contributed by atoms with Crippen molar-refractivity contribution in [1.82, 2.24) is 4.98 Å². The minimum absolute atomic E-state index is 0.193. The minimum Gasteiger partial charge on any atom is -0.383 e. The number of aromatic nitrogens is 1. The fraction of sp³-hybridized carbons (Fsp3) is 0.667. The van der Waals surface area contributed by atoms with Gasteiger partial charge in [-0.1, -0.05) is 19.3 Å². The van der Waals surface area contributed by atoms with Crippen molar-refractivity contribution < 1.29 is 4.74 Å². The van der Waals surface area contributed by atoms with Crippen LogP contribution in [0.5, 0.6) is 0 Å². The van der Waals surface area contributed by atoms with Gasteiger partial charge in [0.05, 0.1) is 11.6 Å². The molecule has 0 aliphatic heterocycles. The lowest BCUT2D eigenvalue weighted by molar-refractivity contribution is -0.0831. The predicted molar refractivity (Wildman–Crippen MR) is 77.8 cm³/mol. The zero-order chi connectivity index (χ0) is 13.9. The third-order valence-electron chi connectivity index (χ3n) is 4.25. The Morgan fingerprint density at radius 1 is 1.37 bits per heavy atom. The first kappa shape index (κ1) is 14.3. The van der Waals surface area contributed by atoms with Crippen LogP contribution in [0.15, 0.2) is 12.3 Å². The molecule has 1 heterocycles. The lowest BCUT2D eigenvalue weighted by atomic mass is 9.76. The van der Waals surface area contributed by atoms with Gasteiger partial charge in [-0.05, 0) is 38.3 Å². The summed E-state index contributed by atoms with van der Waals surface area (Å²) in [5.41, 5.74) is 14.4. The van der Waals surface area contributed by atoms with Gasteiger partial charge < -0.3 is 16.2 Å². The zero-order valence-corrected chi connectivity index (χ0v) is 12.0. The van der Waals surface area contributed by atoms with Crippen molar-refractivity contribution in [3.8, 4) is 0 Å². The Morgan fingerprint density at radius 2 is 2.05 bits per heavy atom. The summed E-state index contributed by atoms with van der Waals surface area (Å²) < 4.78 is 6.09. The van der Waals surface area contributed by atoms with Gasteiger partial charge in [-0.25, -0.2) is 4.98 Å². The second-order valence-electron chi connectivity index (χ2n) is 5.46. The van der Waals surface area contributed by atoms with Crippen LogP contribution < -0.4 is 11.5 Å². The van der Waals surface area contributed by atoms with E-state index < -0.39 is 0 Å². The zero-order valence-electron chi connectivity index (χ0n) is 12.0. The number of rotatable bonds is 4. The third-order valence-corrected chi connectivity index (χ3v) is 4.25. The van der Waals surface area contributed by atoms with Crippen LogP contribution in [0, 0.1) is 6.92 Å². The molecule has 1 saturated carbocycles. The number of nitrogens with two attached hydrogens (primary N) is 2. The summed E-state index contributed by atoms with van der Waals surface area (Å²) in [6, 6.07) is 1.77. The molecule has 4 N–H and O–H groups in total. The van der Waals surface area contributed by atoms with E-state index in [1.807, 2.05) is 19.9 Å². The Bertz CT molecular complexity index is 402. The molecule has 2 rings (SSSR count). The van der Waals surface area contributed by atoms with Crippen LogP contribution in [-0.4, -0.2) is 17.2 Å². The van der Waals surface area contributed by atoms with Gasteiger partial charge in [0.1, 0.15) is 5.82 Å². The number of aryl methyl sites for hydroxylation is 1. The van der Waals surface area contributed by atoms with E-state index >= 15 is 0 Å². The minimum atomic E-state index is -0.269. The molecule has 1 fully saturated rings. The summed E-state index contributed by atoms with van der Waals surface area (Å²) in [5, 5.41) is 0. The van der Waals surface area contributed by atoms with E-state index in [1.54, 1.807) is 6.20 Å². The smallest absolute Gasteiger partial charge is 0.128 e. The summed E-state index contributed by atoms with van der Waals surface area (Å²) in [7, 11) is 0. The lowest BCUT2D eigenvalue weighted by Crippen LogP contribution is -2.46. The van der Waals surface area contributed by atoms with Crippen LogP contribution in [0.3, 0.4) is 0 Å². The molecule has 1 unspecified atom stereocenters. The van der Waals surface area contributed by atoms with Crippen LogP contribution in [0.2, 0.25) is 0 Å². The first-order valence-electron chi connectivity index (χ1n) is 7.21. The second-order valence-corrected chi connectivity index (χ2v) is 5.46. The SMILES string of the molecule is CCOC1(C(N)c2c(C)ccnc2N)CCCCC1. The maximum Gasteiger partial charge on any atom is 0.128 e. The van der Waals surface area contributed by atoms with Crippen molar-refractivity contribution in [3.05, 3.63) is 23.4 Å². The molecule has 4 heteroatoms. The van der Waals surface area contributed by atoms with Crippen molar-refractivity contribution >= 4 is 5.82 Å². The van der Waals surface area contributed by atoms with E-state index in [0.717, 1.165) is 24.0 Å². The Hall–Kier alpha value is -1.13. The molecule has 1 aromatic heterocycles. The van der Waals surface area contributed by atoms with E-state index in [9.17, 15) is 0 Å². The Kier molecular flexibility index (Phi) is 4.42. The molecule has 0 aromatic carbocycles. The van der Waals surface area contributed by atoms with Gasteiger partial charge in [0, 0.05) is 18.4 Å². The second kappa shape index (κ2) is 5.88. The van der Waals surface area contributed by atoms with Crippen LogP contribution in [0.25, 0.3) is 0 Å². The van der Waals surface area contributed by atoms with Crippen molar-refractivity contribution in [3.63, 3.8) is 0 Å². The average Bonchev–Trinajstić information content (AvgIpc) is 2.40. The highest BCUT2D eigenvalue weighted by Gasteiger charge is 2.40. The van der Waals surface area contributed by atoms with Gasteiger partial charge in [0.15, 0.2) is 0 Å². The first-order valence-corrected chi connectivity index (χ1v) is 7.21. The fourth-order valence-corrected chi connectivity index (χ4v) is 3.24. The van der Waals surface area contributed by atoms with Crippen LogP contribution in [-0.2, 0) is 4.74 Å². The molecule has 0 amide bonds. The van der Waals surface area contributed by atoms with Gasteiger partial charge in [-0.15, -0.1) is 0 Å². The number of hydrogen-bond donors (Lipinski definition) is 2. The van der Waals surface area contributed by atoms with E-state index in [4.69, 9.17) is 16.2 Å². The normalized spacial score (nSPS) is 20.2. The average molecular weight is 263 g/mol. The van der Waals surface area contributed by atoms with Crippen molar-refractivity contribution in [2.24, 2.45) is 5.73 Å². The highest BCUT2D eigenvalue weighted by atomic mass is 16.5. The van der Waals surface area contributed by atoms with Gasteiger partial charge in [-0.2, -0.15) is 0 Å². The number of nitrogen functional groups attached to an aromatic ring is 1. The molecule has 1 aromatic rings. The Balaban J connectivity index is 2.36. The van der Waals surface area contributed by atoms with Gasteiger partial charge in [0.25, 0.3) is 0 Å². The standard InChI is InChI=1S/C15H25N3O/c1-3-19-15(8-5-4-6-9-15)13(16)12-11(2)7-10-18-14(12)17/h7,10,13H,3-6,8-9,16H2,1-2H3,(H2,17,18). The first-order chi connectivity index (χ1) is 9.10.